The molecule has 31 heavy (non-hydrogen) atoms. The predicted molar refractivity (Wildman–Crippen MR) is 103 cm³/mol. The molecule has 2 atom stereocenters. The second kappa shape index (κ2) is 10.8. The molecule has 3 heterocycles. The van der Waals surface area contributed by atoms with Crippen LogP contribution < -0.4 is 45.7 Å². The number of carbonyl (C=O) groups is 3. The van der Waals surface area contributed by atoms with Crippen molar-refractivity contribution in [3.63, 3.8) is 0 Å². The molecule has 158 valence electrons. The van der Waals surface area contributed by atoms with E-state index in [2.05, 4.69) is 20.3 Å². The zero-order valence-corrected chi connectivity index (χ0v) is 20.1. The molecule has 2 aliphatic rings. The Labute approximate surface area is 206 Å². The number of fused-ring (bicyclic) bond motifs is 1. The van der Waals surface area contributed by atoms with Crippen LogP contribution in [0, 0.1) is 11.3 Å². The van der Waals surface area contributed by atoms with Crippen molar-refractivity contribution in [1.29, 1.82) is 5.26 Å². The van der Waals surface area contributed by atoms with Crippen LogP contribution in [0.25, 0.3) is 0 Å². The number of β-lactam (4-membered cyclic amide) rings is 1. The van der Waals surface area contributed by atoms with Crippen LogP contribution in [0.5, 0.6) is 0 Å². The van der Waals surface area contributed by atoms with Gasteiger partial charge in [0.05, 0.1) is 24.2 Å². The number of thioether (sulfide) groups is 1. The number of nitriles is 1. The van der Waals surface area contributed by atoms with Crippen LogP contribution in [0.1, 0.15) is 12.1 Å². The summed E-state index contributed by atoms with van der Waals surface area (Å²) >= 11 is 2.31. The number of aliphatic carboxylic acids is 1. The Morgan fingerprint density at radius 3 is 2.87 bits per heavy atom. The first kappa shape index (κ1) is 25.0. The summed E-state index contributed by atoms with van der Waals surface area (Å²) < 4.78 is 5.32. The number of nitrogens with one attached hydrogen (secondary N) is 1. The summed E-state index contributed by atoms with van der Waals surface area (Å²) in [6, 6.07) is 0.889. The molecule has 0 radical (unpaired) electrons. The molecule has 2 amide bonds. The summed E-state index contributed by atoms with van der Waals surface area (Å²) in [5.74, 6) is -2.77. The summed E-state index contributed by atoms with van der Waals surface area (Å²) in [5, 5.41) is 27.4. The van der Waals surface area contributed by atoms with Crippen molar-refractivity contribution in [2.75, 3.05) is 25.2 Å². The molecule has 3 N–H and O–H groups in total. The number of carboxylic acid groups (broad SMARTS) is 1. The number of hydrogen-bond donors (Lipinski definition) is 2. The maximum atomic E-state index is 12.6. The fraction of sp³-hybridized carbons (Fsp3) is 0.375. The van der Waals surface area contributed by atoms with E-state index >= 15 is 0 Å². The molecule has 0 spiro atoms. The largest absolute Gasteiger partial charge is 1.00 e. The minimum absolute atomic E-state index is 0. The number of nitrogens with zero attached hydrogens (tertiary/aromatic N) is 4. The minimum atomic E-state index is -1.58. The van der Waals surface area contributed by atoms with Gasteiger partial charge in [-0.05, 0) is 0 Å². The molecule has 1 fully saturated rings. The number of rotatable bonds is 8. The van der Waals surface area contributed by atoms with Crippen molar-refractivity contribution in [2.24, 2.45) is 5.16 Å². The number of anilines is 1. The van der Waals surface area contributed by atoms with Gasteiger partial charge >= 0.3 is 29.6 Å². The molecule has 0 saturated carbocycles. The monoisotopic (exact) mass is 474 g/mol. The summed E-state index contributed by atoms with van der Waals surface area (Å²) in [7, 11) is 1.25. The van der Waals surface area contributed by atoms with Gasteiger partial charge < -0.3 is 30.5 Å². The van der Waals surface area contributed by atoms with Crippen molar-refractivity contribution in [1.82, 2.24) is 15.2 Å². The third kappa shape index (κ3) is 5.13. The van der Waals surface area contributed by atoms with E-state index in [1.165, 1.54) is 24.3 Å². The van der Waals surface area contributed by atoms with Gasteiger partial charge in [0.2, 0.25) is 0 Å². The van der Waals surface area contributed by atoms with E-state index in [4.69, 9.17) is 15.7 Å². The van der Waals surface area contributed by atoms with Crippen LogP contribution in [0.2, 0.25) is 0 Å². The van der Waals surface area contributed by atoms with Gasteiger partial charge in [0.1, 0.15) is 42.3 Å². The standard InChI is InChI=1S/C16H16N6O6S2.Na/c1-27-21-9(7-5-30-16(18)19-7)12(23)20-10-13(24)22-11(15(25)26)8(6-29-14(10)22)28-4-2-3-17;/h5,10,14H,2,4,6H2,1H3,(H2,18,19)(H,20,23)(H,25,26);/q;+1/p-1/b21-9-;/t10-,14+;/m1./s1. The van der Waals surface area contributed by atoms with Crippen molar-refractivity contribution < 1.29 is 58.6 Å². The molecule has 0 unspecified atom stereocenters. The Morgan fingerprint density at radius 1 is 1.55 bits per heavy atom. The minimum Gasteiger partial charge on any atom is -0.543 e. The SMILES string of the molecule is CO/N=C(\C(=O)N[C@@H]1C(=O)N2C(C(=O)[O-])=C(OCCC#N)CS[C@@H]12)c1csc(N)n1.[Na+]. The van der Waals surface area contributed by atoms with Gasteiger partial charge in [0, 0.05) is 5.38 Å². The zero-order chi connectivity index (χ0) is 21.8. The van der Waals surface area contributed by atoms with Gasteiger partial charge in [-0.3, -0.25) is 14.5 Å². The van der Waals surface area contributed by atoms with Crippen LogP contribution in [-0.4, -0.2) is 64.3 Å². The number of aromatic nitrogens is 1. The normalized spacial score (nSPS) is 20.1. The molecule has 2 aliphatic heterocycles. The quantitative estimate of drug-likeness (QED) is 0.122. The molecule has 0 aromatic carbocycles. The van der Waals surface area contributed by atoms with Crippen LogP contribution in [0.15, 0.2) is 22.0 Å². The Morgan fingerprint density at radius 2 is 2.29 bits per heavy atom. The third-order valence-electron chi connectivity index (χ3n) is 4.07. The van der Waals surface area contributed by atoms with Gasteiger partial charge in [0.25, 0.3) is 11.8 Å². The number of ether oxygens (including phenoxy) is 1. The Hall–Kier alpha value is -2.31. The third-order valence-corrected chi connectivity index (χ3v) is 5.99. The molecular weight excluding hydrogens is 459 g/mol. The molecule has 12 nitrogen and oxygen atoms in total. The molecule has 15 heteroatoms. The smallest absolute Gasteiger partial charge is 0.543 e. The number of carboxylic acids is 1. The van der Waals surface area contributed by atoms with Gasteiger partial charge in [-0.15, -0.1) is 23.1 Å². The second-order valence-corrected chi connectivity index (χ2v) is 7.86. The fourth-order valence-corrected chi connectivity index (χ4v) is 4.64. The van der Waals surface area contributed by atoms with E-state index in [-0.39, 0.29) is 70.6 Å². The first-order valence-corrected chi connectivity index (χ1v) is 10.3. The van der Waals surface area contributed by atoms with E-state index in [1.807, 2.05) is 6.07 Å². The second-order valence-electron chi connectivity index (χ2n) is 5.87. The van der Waals surface area contributed by atoms with Crippen LogP contribution >= 0.6 is 23.1 Å². The first-order chi connectivity index (χ1) is 14.4. The molecule has 3 rings (SSSR count). The van der Waals surface area contributed by atoms with Crippen molar-refractivity contribution in [3.05, 3.63) is 22.5 Å². The van der Waals surface area contributed by atoms with E-state index in [0.29, 0.717) is 0 Å². The van der Waals surface area contributed by atoms with Crippen molar-refractivity contribution in [2.45, 2.75) is 17.8 Å². The Bertz CT molecular complexity index is 989. The van der Waals surface area contributed by atoms with Crippen molar-refractivity contribution >= 4 is 51.7 Å². The topological polar surface area (TPSA) is 183 Å². The van der Waals surface area contributed by atoms with Gasteiger partial charge in [-0.1, -0.05) is 5.16 Å². The average molecular weight is 474 g/mol. The summed E-state index contributed by atoms with van der Waals surface area (Å²) in [5.41, 5.74) is 5.19. The van der Waals surface area contributed by atoms with E-state index in [0.717, 1.165) is 16.2 Å². The number of thiazole rings is 1. The number of oxime groups is 1. The van der Waals surface area contributed by atoms with Crippen LogP contribution in [0.4, 0.5) is 5.13 Å². The van der Waals surface area contributed by atoms with Gasteiger partial charge in [-0.25, -0.2) is 4.98 Å². The maximum Gasteiger partial charge on any atom is 1.00 e. The molecule has 0 bridgehead atoms. The fourth-order valence-electron chi connectivity index (χ4n) is 2.81. The van der Waals surface area contributed by atoms with Crippen LogP contribution in [0.3, 0.4) is 0 Å². The molecular formula is C16H15N6NaO6S2. The van der Waals surface area contributed by atoms with E-state index < -0.39 is 34.9 Å². The summed E-state index contributed by atoms with van der Waals surface area (Å²) in [6.45, 7) is -0.0103. The molecule has 1 aromatic heterocycles. The zero-order valence-electron chi connectivity index (χ0n) is 16.5. The number of nitrogen functional groups attached to an aromatic ring is 1. The number of hydrogen-bond acceptors (Lipinski definition) is 12. The number of carbonyl (C=O) groups excluding carboxylic acids is 3. The number of amides is 2. The van der Waals surface area contributed by atoms with Crippen molar-refractivity contribution in [3.8, 4) is 6.07 Å². The number of nitrogens with two attached hydrogens (primary N) is 1. The Balaban J connectivity index is 0.00000341. The predicted octanol–water partition coefficient (Wildman–Crippen LogP) is -4.63. The Kier molecular flexibility index (Phi) is 8.71. The summed E-state index contributed by atoms with van der Waals surface area (Å²) in [4.78, 5) is 46.5. The molecule has 0 aliphatic carbocycles. The van der Waals surface area contributed by atoms with Gasteiger partial charge in [-0.2, -0.15) is 5.26 Å². The molecule has 1 aromatic rings. The van der Waals surface area contributed by atoms with Gasteiger partial charge in [0.15, 0.2) is 10.8 Å². The average Bonchev–Trinajstić information content (AvgIpc) is 3.15. The first-order valence-electron chi connectivity index (χ1n) is 8.41. The maximum absolute atomic E-state index is 12.6. The van der Waals surface area contributed by atoms with E-state index in [9.17, 15) is 19.5 Å². The van der Waals surface area contributed by atoms with Crippen LogP contribution in [-0.2, 0) is 24.0 Å². The van der Waals surface area contributed by atoms with E-state index in [1.54, 1.807) is 0 Å². The molecule has 1 saturated heterocycles. The summed E-state index contributed by atoms with van der Waals surface area (Å²) in [6.07, 6.45) is 0.0628.